The highest BCUT2D eigenvalue weighted by molar-refractivity contribution is 7.98. The van der Waals surface area contributed by atoms with Crippen LogP contribution in [0.1, 0.15) is 37.6 Å². The molecular weight excluding hydrogens is 390 g/mol. The van der Waals surface area contributed by atoms with Crippen molar-refractivity contribution in [3.8, 4) is 0 Å². The number of hydrogen-bond donors (Lipinski definition) is 0. The van der Waals surface area contributed by atoms with Crippen LogP contribution in [-0.4, -0.2) is 14.5 Å². The molecule has 0 saturated carbocycles. The SMILES string of the molecule is CC(C)(C)c1ccc(CSc2nc3ccccc3c(=O)n2Cc2ccccn2)cc1. The maximum Gasteiger partial charge on any atom is 0.262 e. The van der Waals surface area contributed by atoms with E-state index < -0.39 is 0 Å². The van der Waals surface area contributed by atoms with E-state index in [-0.39, 0.29) is 11.0 Å². The van der Waals surface area contributed by atoms with Crippen molar-refractivity contribution in [3.63, 3.8) is 0 Å². The first-order valence-corrected chi connectivity index (χ1v) is 11.0. The average Bonchev–Trinajstić information content (AvgIpc) is 2.75. The van der Waals surface area contributed by atoms with Crippen molar-refractivity contribution in [1.82, 2.24) is 14.5 Å². The molecule has 0 unspecified atom stereocenters. The van der Waals surface area contributed by atoms with Crippen LogP contribution in [-0.2, 0) is 17.7 Å². The summed E-state index contributed by atoms with van der Waals surface area (Å²) < 4.78 is 1.73. The van der Waals surface area contributed by atoms with Gasteiger partial charge in [0, 0.05) is 11.9 Å². The van der Waals surface area contributed by atoms with E-state index in [1.54, 1.807) is 22.5 Å². The van der Waals surface area contributed by atoms with E-state index in [4.69, 9.17) is 4.98 Å². The zero-order chi connectivity index (χ0) is 21.1. The van der Waals surface area contributed by atoms with Crippen molar-refractivity contribution in [3.05, 3.63) is 100 Å². The Morgan fingerprint density at radius 1 is 0.933 bits per heavy atom. The molecule has 0 radical (unpaired) electrons. The van der Waals surface area contributed by atoms with Crippen molar-refractivity contribution in [2.45, 2.75) is 43.6 Å². The van der Waals surface area contributed by atoms with Gasteiger partial charge in [-0.05, 0) is 40.8 Å². The van der Waals surface area contributed by atoms with Crippen molar-refractivity contribution in [2.24, 2.45) is 0 Å². The highest BCUT2D eigenvalue weighted by atomic mass is 32.2. The predicted molar refractivity (Wildman–Crippen MR) is 124 cm³/mol. The van der Waals surface area contributed by atoms with Crippen LogP contribution in [0.15, 0.2) is 82.9 Å². The third-order valence-electron chi connectivity index (χ3n) is 5.06. The smallest absolute Gasteiger partial charge is 0.262 e. The number of hydrogen-bond acceptors (Lipinski definition) is 4. The van der Waals surface area contributed by atoms with Crippen LogP contribution in [0, 0.1) is 0 Å². The third-order valence-corrected chi connectivity index (χ3v) is 6.11. The first-order chi connectivity index (χ1) is 14.4. The average molecular weight is 416 g/mol. The molecule has 0 amide bonds. The van der Waals surface area contributed by atoms with Gasteiger partial charge in [-0.2, -0.15) is 0 Å². The van der Waals surface area contributed by atoms with Gasteiger partial charge in [-0.15, -0.1) is 0 Å². The van der Waals surface area contributed by atoms with E-state index in [9.17, 15) is 4.79 Å². The fourth-order valence-electron chi connectivity index (χ4n) is 3.30. The first-order valence-electron chi connectivity index (χ1n) is 10.0. The Kier molecular flexibility index (Phi) is 5.73. The Bertz CT molecular complexity index is 1210. The van der Waals surface area contributed by atoms with Crippen LogP contribution in [0.25, 0.3) is 10.9 Å². The molecule has 152 valence electrons. The topological polar surface area (TPSA) is 47.8 Å². The summed E-state index contributed by atoms with van der Waals surface area (Å²) in [6, 6.07) is 22.0. The molecule has 0 aliphatic carbocycles. The van der Waals surface area contributed by atoms with Gasteiger partial charge in [0.25, 0.3) is 5.56 Å². The van der Waals surface area contributed by atoms with Crippen molar-refractivity contribution < 1.29 is 0 Å². The maximum atomic E-state index is 13.2. The number of para-hydroxylation sites is 1. The van der Waals surface area contributed by atoms with Gasteiger partial charge >= 0.3 is 0 Å². The lowest BCUT2D eigenvalue weighted by molar-refractivity contribution is 0.590. The molecule has 2 aromatic heterocycles. The van der Waals surface area contributed by atoms with E-state index in [2.05, 4.69) is 50.0 Å². The molecule has 0 aliphatic rings. The molecule has 0 aliphatic heterocycles. The number of thioether (sulfide) groups is 1. The maximum absolute atomic E-state index is 13.2. The van der Waals surface area contributed by atoms with E-state index in [1.165, 1.54) is 11.1 Å². The number of fused-ring (bicyclic) bond motifs is 1. The predicted octanol–water partition coefficient (Wildman–Crippen LogP) is 5.43. The second kappa shape index (κ2) is 8.44. The zero-order valence-corrected chi connectivity index (χ0v) is 18.3. The van der Waals surface area contributed by atoms with Gasteiger partial charge < -0.3 is 0 Å². The lowest BCUT2D eigenvalue weighted by Gasteiger charge is -2.19. The molecule has 4 aromatic rings. The van der Waals surface area contributed by atoms with Crippen LogP contribution < -0.4 is 5.56 Å². The second-order valence-electron chi connectivity index (χ2n) is 8.36. The molecule has 4 rings (SSSR count). The Morgan fingerprint density at radius 2 is 1.67 bits per heavy atom. The molecule has 2 heterocycles. The van der Waals surface area contributed by atoms with Gasteiger partial charge in [0.05, 0.1) is 23.1 Å². The molecule has 0 spiro atoms. The van der Waals surface area contributed by atoms with E-state index in [0.717, 1.165) is 17.0 Å². The molecule has 0 fully saturated rings. The number of pyridine rings is 1. The lowest BCUT2D eigenvalue weighted by atomic mass is 9.87. The van der Waals surface area contributed by atoms with Gasteiger partial charge in [0.15, 0.2) is 5.16 Å². The number of aromatic nitrogens is 3. The van der Waals surface area contributed by atoms with Gasteiger partial charge in [-0.3, -0.25) is 14.3 Å². The molecule has 0 bridgehead atoms. The first kappa shape index (κ1) is 20.4. The molecular formula is C25H25N3OS. The summed E-state index contributed by atoms with van der Waals surface area (Å²) in [4.78, 5) is 22.4. The minimum Gasteiger partial charge on any atom is -0.281 e. The van der Waals surface area contributed by atoms with Gasteiger partial charge in [0.2, 0.25) is 0 Å². The monoisotopic (exact) mass is 415 g/mol. The van der Waals surface area contributed by atoms with E-state index >= 15 is 0 Å². The van der Waals surface area contributed by atoms with E-state index in [0.29, 0.717) is 17.1 Å². The van der Waals surface area contributed by atoms with Crippen LogP contribution in [0.4, 0.5) is 0 Å². The molecule has 4 nitrogen and oxygen atoms in total. The Morgan fingerprint density at radius 3 is 2.37 bits per heavy atom. The summed E-state index contributed by atoms with van der Waals surface area (Å²) in [5.74, 6) is 0.747. The van der Waals surface area contributed by atoms with Crippen LogP contribution in [0.3, 0.4) is 0 Å². The van der Waals surface area contributed by atoms with Gasteiger partial charge in [-0.1, -0.05) is 75.0 Å². The summed E-state index contributed by atoms with van der Waals surface area (Å²) >= 11 is 1.59. The highest BCUT2D eigenvalue weighted by Crippen LogP contribution is 2.26. The standard InChI is InChI=1S/C25H25N3OS/c1-25(2,3)19-13-11-18(12-14-19)17-30-24-27-22-10-5-4-9-21(22)23(29)28(24)16-20-8-6-7-15-26-20/h4-15H,16-17H2,1-3H3. The quantitative estimate of drug-likeness (QED) is 0.322. The summed E-state index contributed by atoms with van der Waals surface area (Å²) in [6.07, 6.45) is 1.75. The number of nitrogens with zero attached hydrogens (tertiary/aromatic N) is 3. The molecule has 30 heavy (non-hydrogen) atoms. The number of rotatable bonds is 5. The Hall–Kier alpha value is -2.92. The molecule has 0 N–H and O–H groups in total. The lowest BCUT2D eigenvalue weighted by Crippen LogP contribution is -2.24. The van der Waals surface area contributed by atoms with Crippen LogP contribution in [0.2, 0.25) is 0 Å². The molecule has 0 saturated heterocycles. The van der Waals surface area contributed by atoms with Crippen LogP contribution in [0.5, 0.6) is 0 Å². The summed E-state index contributed by atoms with van der Waals surface area (Å²) in [7, 11) is 0. The molecule has 0 atom stereocenters. The fraction of sp³-hybridized carbons (Fsp3) is 0.240. The van der Waals surface area contributed by atoms with Crippen molar-refractivity contribution >= 4 is 22.7 Å². The molecule has 5 heteroatoms. The number of benzene rings is 2. The van der Waals surface area contributed by atoms with Crippen molar-refractivity contribution in [1.29, 1.82) is 0 Å². The summed E-state index contributed by atoms with van der Waals surface area (Å²) in [5.41, 5.74) is 4.19. The normalized spacial score (nSPS) is 11.7. The largest absolute Gasteiger partial charge is 0.281 e. The fourth-order valence-corrected chi connectivity index (χ4v) is 4.25. The minimum absolute atomic E-state index is 0.0307. The Labute approximate surface area is 181 Å². The Balaban J connectivity index is 1.67. The summed E-state index contributed by atoms with van der Waals surface area (Å²) in [6.45, 7) is 7.05. The van der Waals surface area contributed by atoms with Crippen LogP contribution >= 0.6 is 11.8 Å². The second-order valence-corrected chi connectivity index (χ2v) is 9.30. The van der Waals surface area contributed by atoms with E-state index in [1.807, 2.05) is 42.5 Å². The third kappa shape index (κ3) is 4.46. The van der Waals surface area contributed by atoms with Gasteiger partial charge in [0.1, 0.15) is 0 Å². The zero-order valence-electron chi connectivity index (χ0n) is 17.5. The molecule has 2 aromatic carbocycles. The summed E-state index contributed by atoms with van der Waals surface area (Å²) in [5, 5.41) is 1.34. The van der Waals surface area contributed by atoms with Gasteiger partial charge in [-0.25, -0.2) is 4.98 Å². The minimum atomic E-state index is -0.0307. The van der Waals surface area contributed by atoms with Crippen molar-refractivity contribution in [2.75, 3.05) is 0 Å². The highest BCUT2D eigenvalue weighted by Gasteiger charge is 2.15.